The Bertz CT molecular complexity index is 914. The topological polar surface area (TPSA) is 52.7 Å². The molecule has 2 aromatic rings. The predicted molar refractivity (Wildman–Crippen MR) is 134 cm³/mol. The zero-order chi connectivity index (χ0) is 24.1. The molecule has 0 spiro atoms. The first kappa shape index (κ1) is 25.4. The van der Waals surface area contributed by atoms with Gasteiger partial charge in [0.05, 0.1) is 6.04 Å². The maximum atomic E-state index is 13.5. The van der Waals surface area contributed by atoms with Crippen molar-refractivity contribution < 1.29 is 9.59 Å². The molecule has 0 aliphatic rings. The Hall–Kier alpha value is -2.82. The van der Waals surface area contributed by atoms with Gasteiger partial charge in [-0.15, -0.1) is 0 Å². The molecule has 2 amide bonds. The van der Waals surface area contributed by atoms with Gasteiger partial charge in [0.25, 0.3) is 0 Å². The van der Waals surface area contributed by atoms with E-state index < -0.39 is 5.41 Å². The highest BCUT2D eigenvalue weighted by molar-refractivity contribution is 5.91. The van der Waals surface area contributed by atoms with E-state index in [9.17, 15) is 9.59 Å². The summed E-state index contributed by atoms with van der Waals surface area (Å²) in [5.41, 5.74) is 3.37. The molecule has 0 heterocycles. The Labute approximate surface area is 193 Å². The zero-order valence-corrected chi connectivity index (χ0v) is 20.9. The molecule has 0 radical (unpaired) electrons. The lowest BCUT2D eigenvalue weighted by molar-refractivity contribution is -0.142. The smallest absolute Gasteiger partial charge is 0.228 e. The molecule has 0 aromatic heterocycles. The molecule has 0 aliphatic carbocycles. The van der Waals surface area contributed by atoms with E-state index in [1.54, 1.807) is 0 Å². The van der Waals surface area contributed by atoms with E-state index in [2.05, 4.69) is 24.4 Å². The molecule has 5 nitrogen and oxygen atoms in total. The molecule has 0 saturated heterocycles. The van der Waals surface area contributed by atoms with Crippen LogP contribution in [-0.2, 0) is 16.1 Å². The number of hydrogen-bond acceptors (Lipinski definition) is 3. The average molecular weight is 438 g/mol. The molecule has 0 aliphatic heterocycles. The maximum Gasteiger partial charge on any atom is 0.228 e. The molecule has 1 atom stereocenters. The molecule has 32 heavy (non-hydrogen) atoms. The molecule has 174 valence electrons. The van der Waals surface area contributed by atoms with Crippen LogP contribution in [0.1, 0.15) is 65.1 Å². The van der Waals surface area contributed by atoms with Crippen LogP contribution in [0.2, 0.25) is 0 Å². The minimum absolute atomic E-state index is 0.00355. The van der Waals surface area contributed by atoms with Crippen LogP contribution in [0.15, 0.2) is 48.5 Å². The molecule has 1 N–H and O–H groups in total. The molecular formula is C27H39N3O2. The highest BCUT2D eigenvalue weighted by Crippen LogP contribution is 2.32. The van der Waals surface area contributed by atoms with Crippen molar-refractivity contribution >= 4 is 23.2 Å². The second kappa shape index (κ2) is 10.7. The standard InChI is InChI=1S/C27H39N3O2/c1-19(2)16-25(31)28-23-14-15-24(29(7)8)22(17-23)18-30(26(32)27(4,5)6)20(3)21-12-10-9-11-13-21/h9-15,17,19-20H,16,18H2,1-8H3,(H,28,31). The summed E-state index contributed by atoms with van der Waals surface area (Å²) in [7, 11) is 3.98. The Morgan fingerprint density at radius 3 is 2.12 bits per heavy atom. The normalized spacial score (nSPS) is 12.4. The predicted octanol–water partition coefficient (Wildman–Crippen LogP) is 5.87. The number of anilines is 2. The van der Waals surface area contributed by atoms with E-state index in [0.717, 1.165) is 22.5 Å². The third kappa shape index (κ3) is 6.84. The molecular weight excluding hydrogens is 398 g/mol. The number of nitrogens with zero attached hydrogens (tertiary/aromatic N) is 2. The summed E-state index contributed by atoms with van der Waals surface area (Å²) in [6, 6.07) is 15.9. The molecule has 1 unspecified atom stereocenters. The highest BCUT2D eigenvalue weighted by atomic mass is 16.2. The van der Waals surface area contributed by atoms with Crippen LogP contribution in [0.25, 0.3) is 0 Å². The number of hydrogen-bond donors (Lipinski definition) is 1. The van der Waals surface area contributed by atoms with Crippen LogP contribution < -0.4 is 10.2 Å². The Morgan fingerprint density at radius 2 is 1.59 bits per heavy atom. The van der Waals surface area contributed by atoms with Gasteiger partial charge in [0, 0.05) is 43.9 Å². The first-order valence-corrected chi connectivity index (χ1v) is 11.4. The fraction of sp³-hybridized carbons (Fsp3) is 0.481. The number of carbonyl (C=O) groups is 2. The van der Waals surface area contributed by atoms with Crippen LogP contribution in [-0.4, -0.2) is 30.8 Å². The third-order valence-electron chi connectivity index (χ3n) is 5.43. The summed E-state index contributed by atoms with van der Waals surface area (Å²) in [4.78, 5) is 29.8. The van der Waals surface area contributed by atoms with Gasteiger partial charge >= 0.3 is 0 Å². The molecule has 2 rings (SSSR count). The second-order valence-corrected chi connectivity index (χ2v) is 10.2. The number of rotatable bonds is 8. The second-order valence-electron chi connectivity index (χ2n) is 10.2. The Morgan fingerprint density at radius 1 is 0.969 bits per heavy atom. The van der Waals surface area contributed by atoms with Crippen LogP contribution >= 0.6 is 0 Å². The van der Waals surface area contributed by atoms with Crippen molar-refractivity contribution in [3.63, 3.8) is 0 Å². The summed E-state index contributed by atoms with van der Waals surface area (Å²) in [5, 5.41) is 3.01. The fourth-order valence-electron chi connectivity index (χ4n) is 3.72. The molecule has 0 bridgehead atoms. The van der Waals surface area contributed by atoms with Gasteiger partial charge in [-0.25, -0.2) is 0 Å². The van der Waals surface area contributed by atoms with Crippen molar-refractivity contribution in [2.75, 3.05) is 24.3 Å². The minimum Gasteiger partial charge on any atom is -0.377 e. The number of carbonyl (C=O) groups excluding carboxylic acids is 2. The van der Waals surface area contributed by atoms with E-state index in [-0.39, 0.29) is 17.9 Å². The van der Waals surface area contributed by atoms with Crippen LogP contribution in [0.5, 0.6) is 0 Å². The first-order valence-electron chi connectivity index (χ1n) is 11.4. The lowest BCUT2D eigenvalue weighted by Gasteiger charge is -2.35. The minimum atomic E-state index is -0.510. The summed E-state index contributed by atoms with van der Waals surface area (Å²) in [5.74, 6) is 0.388. The summed E-state index contributed by atoms with van der Waals surface area (Å²) in [6.45, 7) is 12.4. The lowest BCUT2D eigenvalue weighted by Crippen LogP contribution is -2.40. The van der Waals surface area contributed by atoms with Gasteiger partial charge in [-0.2, -0.15) is 0 Å². The van der Waals surface area contributed by atoms with E-state index >= 15 is 0 Å². The molecule has 0 fully saturated rings. The van der Waals surface area contributed by atoms with Gasteiger partial charge in [-0.3, -0.25) is 9.59 Å². The van der Waals surface area contributed by atoms with E-state index in [1.165, 1.54) is 0 Å². The van der Waals surface area contributed by atoms with Crippen molar-refractivity contribution in [2.24, 2.45) is 11.3 Å². The van der Waals surface area contributed by atoms with E-state index in [4.69, 9.17) is 0 Å². The van der Waals surface area contributed by atoms with Crippen molar-refractivity contribution in [1.29, 1.82) is 0 Å². The molecule has 2 aromatic carbocycles. The van der Waals surface area contributed by atoms with Gasteiger partial charge in [-0.05, 0) is 42.2 Å². The Balaban J connectivity index is 2.44. The van der Waals surface area contributed by atoms with Crippen molar-refractivity contribution in [2.45, 2.75) is 60.5 Å². The lowest BCUT2D eigenvalue weighted by atomic mass is 9.92. The average Bonchev–Trinajstić information content (AvgIpc) is 2.70. The number of nitrogens with one attached hydrogen (secondary N) is 1. The van der Waals surface area contributed by atoms with E-state index in [0.29, 0.717) is 18.9 Å². The SMILES string of the molecule is CC(C)CC(=O)Nc1ccc(N(C)C)c(CN(C(=O)C(C)(C)C)C(C)c2ccccc2)c1. The summed E-state index contributed by atoms with van der Waals surface area (Å²) in [6.07, 6.45) is 0.477. The van der Waals surface area contributed by atoms with Gasteiger partial charge in [0.15, 0.2) is 0 Å². The Kier molecular flexibility index (Phi) is 8.48. The van der Waals surface area contributed by atoms with Crippen molar-refractivity contribution in [3.8, 4) is 0 Å². The zero-order valence-electron chi connectivity index (χ0n) is 20.9. The number of amides is 2. The first-order chi connectivity index (χ1) is 14.9. The van der Waals surface area contributed by atoms with Crippen molar-refractivity contribution in [3.05, 3.63) is 59.7 Å². The number of benzene rings is 2. The van der Waals surface area contributed by atoms with E-state index in [1.807, 2.05) is 94.9 Å². The van der Waals surface area contributed by atoms with Gasteiger partial charge in [0.2, 0.25) is 11.8 Å². The largest absolute Gasteiger partial charge is 0.377 e. The quantitative estimate of drug-likeness (QED) is 0.562. The highest BCUT2D eigenvalue weighted by Gasteiger charge is 2.31. The van der Waals surface area contributed by atoms with Crippen LogP contribution in [0.4, 0.5) is 11.4 Å². The summed E-state index contributed by atoms with van der Waals surface area (Å²) >= 11 is 0. The maximum absolute atomic E-state index is 13.5. The van der Waals surface area contributed by atoms with Crippen molar-refractivity contribution in [1.82, 2.24) is 4.90 Å². The van der Waals surface area contributed by atoms with Crippen LogP contribution in [0.3, 0.4) is 0 Å². The van der Waals surface area contributed by atoms with Gasteiger partial charge < -0.3 is 15.1 Å². The fourth-order valence-corrected chi connectivity index (χ4v) is 3.72. The summed E-state index contributed by atoms with van der Waals surface area (Å²) < 4.78 is 0. The monoisotopic (exact) mass is 437 g/mol. The van der Waals surface area contributed by atoms with Gasteiger partial charge in [0.1, 0.15) is 0 Å². The van der Waals surface area contributed by atoms with Gasteiger partial charge in [-0.1, -0.05) is 65.0 Å². The molecule has 5 heteroatoms. The van der Waals surface area contributed by atoms with Crippen LogP contribution in [0, 0.1) is 11.3 Å². The molecule has 0 saturated carbocycles. The third-order valence-corrected chi connectivity index (χ3v) is 5.43.